The summed E-state index contributed by atoms with van der Waals surface area (Å²) < 4.78 is 2.63. The summed E-state index contributed by atoms with van der Waals surface area (Å²) in [5, 5.41) is 31.1. The molecule has 0 unspecified atom stereocenters. The first-order valence-corrected chi connectivity index (χ1v) is 9.97. The van der Waals surface area contributed by atoms with Crippen LogP contribution in [0.2, 0.25) is 5.02 Å². The number of nitrogens with zero attached hydrogens (tertiary/aromatic N) is 3. The number of aromatic nitrogens is 3. The van der Waals surface area contributed by atoms with E-state index < -0.39 is 11.9 Å². The molecule has 2 aromatic carbocycles. The minimum absolute atomic E-state index is 0.0938. The molecule has 0 radical (unpaired) electrons. The molecule has 0 aliphatic heterocycles. The summed E-state index contributed by atoms with van der Waals surface area (Å²) >= 11 is 8.06. The van der Waals surface area contributed by atoms with E-state index in [0.717, 1.165) is 37.9 Å². The Hall–Kier alpha value is -2.48. The largest absolute Gasteiger partial charge is 0.481 e. The van der Waals surface area contributed by atoms with Crippen molar-refractivity contribution in [2.24, 2.45) is 7.05 Å². The molecule has 2 heterocycles. The van der Waals surface area contributed by atoms with Crippen molar-refractivity contribution in [3.8, 4) is 0 Å². The number of carboxylic acid groups (broad SMARTS) is 1. The van der Waals surface area contributed by atoms with Gasteiger partial charge in [0, 0.05) is 17.7 Å². The highest BCUT2D eigenvalue weighted by Gasteiger charge is 2.24. The fraction of sp³-hybridized carbons (Fsp3) is 0.250. The second-order valence-corrected chi connectivity index (χ2v) is 8.13. The van der Waals surface area contributed by atoms with Crippen molar-refractivity contribution in [3.05, 3.63) is 56.9 Å². The van der Waals surface area contributed by atoms with Gasteiger partial charge in [0.25, 0.3) is 0 Å². The minimum Gasteiger partial charge on any atom is -0.481 e. The van der Waals surface area contributed by atoms with Crippen LogP contribution in [-0.4, -0.2) is 31.2 Å². The summed E-state index contributed by atoms with van der Waals surface area (Å²) in [5.74, 6) is -1.33. The molecule has 6 nitrogen and oxygen atoms in total. The Morgan fingerprint density at radius 3 is 2.86 bits per heavy atom. The number of hydrogen-bond donors (Lipinski definition) is 2. The lowest BCUT2D eigenvalue weighted by Gasteiger charge is -2.20. The Labute approximate surface area is 170 Å². The molecule has 0 spiro atoms. The molecule has 0 saturated carbocycles. The predicted molar refractivity (Wildman–Crippen MR) is 110 cm³/mol. The van der Waals surface area contributed by atoms with Crippen LogP contribution in [0.3, 0.4) is 0 Å². The number of carboxylic acids is 1. The van der Waals surface area contributed by atoms with E-state index in [9.17, 15) is 15.0 Å². The van der Waals surface area contributed by atoms with E-state index in [-0.39, 0.29) is 13.0 Å². The number of hydrogen-bond acceptors (Lipinski definition) is 5. The summed E-state index contributed by atoms with van der Waals surface area (Å²) in [5.41, 5.74) is 4.68. The topological polar surface area (TPSA) is 88.2 Å². The molecular formula is C20H18ClN3O3S. The van der Waals surface area contributed by atoms with Gasteiger partial charge in [-0.3, -0.25) is 4.79 Å². The summed E-state index contributed by atoms with van der Waals surface area (Å²) in [6.45, 7) is 1.81. The van der Waals surface area contributed by atoms with Crippen LogP contribution in [0.15, 0.2) is 29.6 Å². The molecule has 8 heteroatoms. The van der Waals surface area contributed by atoms with E-state index >= 15 is 0 Å². The zero-order valence-electron chi connectivity index (χ0n) is 15.3. The number of aryl methyl sites for hydroxylation is 2. The molecule has 0 aliphatic carbocycles. The molecule has 1 atom stereocenters. The molecule has 0 bridgehead atoms. The third-order valence-electron chi connectivity index (χ3n) is 5.10. The van der Waals surface area contributed by atoms with E-state index in [4.69, 9.17) is 11.6 Å². The maximum absolute atomic E-state index is 11.7. The number of aliphatic carboxylic acids is 1. The SMILES string of the molecule is Cc1c([C@@H](CC(=O)O)c2cc(CO)c3sccc3c2)cc(Cl)c2c1nnn2C. The second-order valence-electron chi connectivity index (χ2n) is 6.81. The molecule has 0 amide bonds. The van der Waals surface area contributed by atoms with Crippen LogP contribution in [0.5, 0.6) is 0 Å². The van der Waals surface area contributed by atoms with Gasteiger partial charge in [-0.05, 0) is 58.1 Å². The average Bonchev–Trinajstić information content (AvgIpc) is 3.28. The second kappa shape index (κ2) is 7.16. The van der Waals surface area contributed by atoms with Crippen molar-refractivity contribution in [1.29, 1.82) is 0 Å². The number of thiophene rings is 1. The highest BCUT2D eigenvalue weighted by molar-refractivity contribution is 7.17. The molecular weight excluding hydrogens is 398 g/mol. The summed E-state index contributed by atoms with van der Waals surface area (Å²) in [4.78, 5) is 11.7. The van der Waals surface area contributed by atoms with Gasteiger partial charge in [0.2, 0.25) is 0 Å². The maximum atomic E-state index is 11.7. The molecule has 0 saturated heterocycles. The Bertz CT molecular complexity index is 1210. The number of halogens is 1. The van der Waals surface area contributed by atoms with Crippen LogP contribution in [-0.2, 0) is 18.4 Å². The van der Waals surface area contributed by atoms with Gasteiger partial charge in [0.1, 0.15) is 11.0 Å². The zero-order valence-corrected chi connectivity index (χ0v) is 16.9. The van der Waals surface area contributed by atoms with Crippen LogP contribution >= 0.6 is 22.9 Å². The van der Waals surface area contributed by atoms with Crippen LogP contribution in [0, 0.1) is 6.92 Å². The fourth-order valence-electron chi connectivity index (χ4n) is 3.77. The highest BCUT2D eigenvalue weighted by atomic mass is 35.5. The number of fused-ring (bicyclic) bond motifs is 2. The van der Waals surface area contributed by atoms with Crippen molar-refractivity contribution in [1.82, 2.24) is 15.0 Å². The summed E-state index contributed by atoms with van der Waals surface area (Å²) in [7, 11) is 1.77. The van der Waals surface area contributed by atoms with Crippen molar-refractivity contribution in [2.45, 2.75) is 25.9 Å². The molecule has 2 N–H and O–H groups in total. The number of carbonyl (C=O) groups is 1. The van der Waals surface area contributed by atoms with Gasteiger partial charge >= 0.3 is 5.97 Å². The predicted octanol–water partition coefficient (Wildman–Crippen LogP) is 4.24. The molecule has 144 valence electrons. The third-order valence-corrected chi connectivity index (χ3v) is 6.39. The summed E-state index contributed by atoms with van der Waals surface area (Å²) in [6, 6.07) is 7.67. The molecule has 28 heavy (non-hydrogen) atoms. The number of rotatable bonds is 5. The van der Waals surface area contributed by atoms with Crippen LogP contribution in [0.1, 0.15) is 34.6 Å². The molecule has 2 aromatic heterocycles. The summed E-state index contributed by atoms with van der Waals surface area (Å²) in [6.07, 6.45) is -0.0938. The smallest absolute Gasteiger partial charge is 0.304 e. The number of aliphatic hydroxyl groups is 1. The molecule has 0 fully saturated rings. The number of aliphatic hydroxyl groups excluding tert-OH is 1. The van der Waals surface area contributed by atoms with Crippen molar-refractivity contribution in [2.75, 3.05) is 0 Å². The van der Waals surface area contributed by atoms with Crippen molar-refractivity contribution >= 4 is 50.0 Å². The standard InChI is InChI=1S/C20H18ClN3O3S/c1-10-14(7-16(21)19-18(10)22-23-24(19)2)15(8-17(26)27)12-5-11-3-4-28-20(11)13(6-12)9-25/h3-7,15,25H,8-9H2,1-2H3,(H,26,27)/t15-/m0/s1. The minimum atomic E-state index is -0.907. The lowest BCUT2D eigenvalue weighted by molar-refractivity contribution is -0.137. The van der Waals surface area contributed by atoms with Gasteiger partial charge in [0.15, 0.2) is 0 Å². The van der Waals surface area contributed by atoms with Gasteiger partial charge < -0.3 is 10.2 Å². The lowest BCUT2D eigenvalue weighted by atomic mass is 9.84. The first-order chi connectivity index (χ1) is 13.4. The molecule has 0 aliphatic rings. The normalized spacial score (nSPS) is 12.7. The average molecular weight is 416 g/mol. The van der Waals surface area contributed by atoms with E-state index in [1.807, 2.05) is 36.6 Å². The Balaban J connectivity index is 1.96. The van der Waals surface area contributed by atoms with Crippen LogP contribution < -0.4 is 0 Å². The van der Waals surface area contributed by atoms with Gasteiger partial charge in [-0.1, -0.05) is 22.9 Å². The first-order valence-electron chi connectivity index (χ1n) is 8.71. The molecule has 4 rings (SSSR count). The fourth-order valence-corrected chi connectivity index (χ4v) is 4.99. The number of benzene rings is 2. The van der Waals surface area contributed by atoms with Gasteiger partial charge in [0.05, 0.1) is 18.1 Å². The quantitative estimate of drug-likeness (QED) is 0.509. The Morgan fingerprint density at radius 2 is 2.14 bits per heavy atom. The highest BCUT2D eigenvalue weighted by Crippen LogP contribution is 2.39. The van der Waals surface area contributed by atoms with Crippen molar-refractivity contribution < 1.29 is 15.0 Å². The van der Waals surface area contributed by atoms with Gasteiger partial charge in [-0.25, -0.2) is 4.68 Å². The Kier molecular flexibility index (Phi) is 4.82. The first kappa shape index (κ1) is 18.9. The lowest BCUT2D eigenvalue weighted by Crippen LogP contribution is -2.10. The third kappa shape index (κ3) is 3.05. The van der Waals surface area contributed by atoms with E-state index in [2.05, 4.69) is 10.3 Å². The van der Waals surface area contributed by atoms with Crippen LogP contribution in [0.25, 0.3) is 21.1 Å². The van der Waals surface area contributed by atoms with Gasteiger partial charge in [-0.2, -0.15) is 0 Å². The van der Waals surface area contributed by atoms with E-state index in [1.165, 1.54) is 0 Å². The van der Waals surface area contributed by atoms with Gasteiger partial charge in [-0.15, -0.1) is 16.4 Å². The monoisotopic (exact) mass is 415 g/mol. The maximum Gasteiger partial charge on any atom is 0.304 e. The Morgan fingerprint density at radius 1 is 1.36 bits per heavy atom. The zero-order chi connectivity index (χ0) is 20.0. The van der Waals surface area contributed by atoms with E-state index in [0.29, 0.717) is 10.5 Å². The van der Waals surface area contributed by atoms with Crippen molar-refractivity contribution in [3.63, 3.8) is 0 Å². The molecule has 4 aromatic rings. The van der Waals surface area contributed by atoms with Crippen LogP contribution in [0.4, 0.5) is 0 Å². The van der Waals surface area contributed by atoms with E-state index in [1.54, 1.807) is 23.1 Å².